The summed E-state index contributed by atoms with van der Waals surface area (Å²) in [5, 5.41) is 0. The highest BCUT2D eigenvalue weighted by Gasteiger charge is 2.40. The maximum atomic E-state index is 6.11. The molecule has 0 saturated carbocycles. The van der Waals surface area contributed by atoms with E-state index in [4.69, 9.17) is 37.9 Å². The highest BCUT2D eigenvalue weighted by molar-refractivity contribution is 5.73. The molecule has 6 rings (SSSR count). The number of ether oxygens (including phenoxy) is 8. The molecular formula is C23H24O8. The van der Waals surface area contributed by atoms with Crippen molar-refractivity contribution >= 4 is 0 Å². The van der Waals surface area contributed by atoms with E-state index in [0.29, 0.717) is 40.9 Å². The number of hydrogen-bond donors (Lipinski definition) is 0. The molecule has 0 aromatic heterocycles. The summed E-state index contributed by atoms with van der Waals surface area (Å²) < 4.78 is 46.9. The topological polar surface area (TPSA) is 73.8 Å². The van der Waals surface area contributed by atoms with Gasteiger partial charge in [-0.3, -0.25) is 0 Å². The van der Waals surface area contributed by atoms with E-state index in [0.717, 1.165) is 46.6 Å². The lowest BCUT2D eigenvalue weighted by atomic mass is 9.90. The van der Waals surface area contributed by atoms with Crippen molar-refractivity contribution in [3.05, 3.63) is 22.3 Å². The molecule has 4 aliphatic rings. The normalized spacial score (nSPS) is 21.4. The maximum absolute atomic E-state index is 6.11. The van der Waals surface area contributed by atoms with Crippen molar-refractivity contribution in [1.82, 2.24) is 0 Å². The van der Waals surface area contributed by atoms with Crippen LogP contribution in [0.5, 0.6) is 46.0 Å². The number of benzene rings is 2. The van der Waals surface area contributed by atoms with Crippen molar-refractivity contribution in [2.75, 3.05) is 27.8 Å². The molecule has 4 heterocycles. The van der Waals surface area contributed by atoms with Crippen molar-refractivity contribution in [3.63, 3.8) is 0 Å². The van der Waals surface area contributed by atoms with Crippen molar-refractivity contribution in [2.24, 2.45) is 0 Å². The number of fused-ring (bicyclic) bond motifs is 4. The van der Waals surface area contributed by atoms with Gasteiger partial charge in [0.05, 0.1) is 14.2 Å². The molecule has 2 aromatic rings. The van der Waals surface area contributed by atoms with Crippen LogP contribution in [0.2, 0.25) is 0 Å². The van der Waals surface area contributed by atoms with E-state index in [1.807, 2.05) is 13.8 Å². The lowest BCUT2D eigenvalue weighted by molar-refractivity contribution is 0.168. The van der Waals surface area contributed by atoms with Gasteiger partial charge in [-0.2, -0.15) is 0 Å². The van der Waals surface area contributed by atoms with E-state index < -0.39 is 0 Å². The Morgan fingerprint density at radius 1 is 0.645 bits per heavy atom. The van der Waals surface area contributed by atoms with Gasteiger partial charge in [0, 0.05) is 41.5 Å². The zero-order chi connectivity index (χ0) is 21.3. The van der Waals surface area contributed by atoms with Gasteiger partial charge in [-0.15, -0.1) is 0 Å². The summed E-state index contributed by atoms with van der Waals surface area (Å²) in [6.45, 7) is 4.39. The zero-order valence-electron chi connectivity index (χ0n) is 18.0. The van der Waals surface area contributed by atoms with Crippen LogP contribution in [0.4, 0.5) is 0 Å². The summed E-state index contributed by atoms with van der Waals surface area (Å²) in [4.78, 5) is 0. The van der Waals surface area contributed by atoms with E-state index in [2.05, 4.69) is 0 Å². The zero-order valence-corrected chi connectivity index (χ0v) is 18.0. The molecule has 164 valence electrons. The molecule has 0 bridgehead atoms. The van der Waals surface area contributed by atoms with E-state index in [1.54, 1.807) is 14.2 Å². The highest BCUT2D eigenvalue weighted by atomic mass is 16.7. The second-order valence-corrected chi connectivity index (χ2v) is 8.21. The summed E-state index contributed by atoms with van der Waals surface area (Å²) in [5.74, 6) is 5.25. The van der Waals surface area contributed by atoms with Gasteiger partial charge >= 0.3 is 0 Å². The summed E-state index contributed by atoms with van der Waals surface area (Å²) in [7, 11) is 3.24. The molecule has 2 aromatic carbocycles. The van der Waals surface area contributed by atoms with Crippen LogP contribution in [0.1, 0.15) is 36.1 Å². The molecule has 0 fully saturated rings. The first kappa shape index (κ1) is 18.6. The van der Waals surface area contributed by atoms with E-state index in [9.17, 15) is 0 Å². The van der Waals surface area contributed by atoms with E-state index >= 15 is 0 Å². The molecule has 0 unspecified atom stereocenters. The van der Waals surface area contributed by atoms with Crippen molar-refractivity contribution < 1.29 is 37.9 Å². The number of rotatable bonds is 4. The monoisotopic (exact) mass is 428 g/mol. The van der Waals surface area contributed by atoms with Crippen LogP contribution >= 0.6 is 0 Å². The largest absolute Gasteiger partial charge is 0.490 e. The van der Waals surface area contributed by atoms with E-state index in [-0.39, 0.29) is 25.8 Å². The smallest absolute Gasteiger partial charge is 0.231 e. The van der Waals surface area contributed by atoms with Crippen LogP contribution < -0.4 is 37.9 Å². The van der Waals surface area contributed by atoms with Gasteiger partial charge in [0.1, 0.15) is 12.2 Å². The fourth-order valence-electron chi connectivity index (χ4n) is 5.03. The predicted octanol–water partition coefficient (Wildman–Crippen LogP) is 3.40. The minimum atomic E-state index is 0.0420. The Bertz CT molecular complexity index is 1010. The van der Waals surface area contributed by atoms with Gasteiger partial charge < -0.3 is 37.9 Å². The molecule has 0 saturated heterocycles. The van der Waals surface area contributed by atoms with Gasteiger partial charge in [0.15, 0.2) is 23.0 Å². The second kappa shape index (κ2) is 6.67. The molecule has 0 amide bonds. The first-order valence-corrected chi connectivity index (χ1v) is 10.5. The molecule has 0 radical (unpaired) electrons. The van der Waals surface area contributed by atoms with Gasteiger partial charge in [0.25, 0.3) is 0 Å². The first-order chi connectivity index (χ1) is 15.1. The Labute approximate surface area is 179 Å². The Morgan fingerprint density at radius 2 is 1.06 bits per heavy atom. The summed E-state index contributed by atoms with van der Waals surface area (Å²) in [6, 6.07) is 0. The average Bonchev–Trinajstić information content (AvgIpc) is 3.52. The third-order valence-electron chi connectivity index (χ3n) is 6.26. The van der Waals surface area contributed by atoms with Crippen molar-refractivity contribution in [3.8, 4) is 46.0 Å². The van der Waals surface area contributed by atoms with Crippen LogP contribution in [0.3, 0.4) is 0 Å². The first-order valence-electron chi connectivity index (χ1n) is 10.5. The SMILES string of the molecule is COc1c2c(c(Cc3c4c(c(OC)c5c3OCO5)O[C@H](C)C4)c3c1OCO3)C[C@@H](C)O2. The summed E-state index contributed by atoms with van der Waals surface area (Å²) >= 11 is 0. The molecule has 0 aliphatic carbocycles. The van der Waals surface area contributed by atoms with Gasteiger partial charge in [-0.05, 0) is 13.8 Å². The van der Waals surface area contributed by atoms with Crippen molar-refractivity contribution in [2.45, 2.75) is 45.3 Å². The van der Waals surface area contributed by atoms with Gasteiger partial charge in [-0.1, -0.05) is 0 Å². The number of hydrogen-bond acceptors (Lipinski definition) is 8. The molecule has 0 N–H and O–H groups in total. The lowest BCUT2D eigenvalue weighted by Gasteiger charge is -2.18. The molecule has 0 spiro atoms. The van der Waals surface area contributed by atoms with Gasteiger partial charge in [-0.25, -0.2) is 0 Å². The third kappa shape index (κ3) is 2.53. The highest BCUT2D eigenvalue weighted by Crippen LogP contribution is 2.58. The third-order valence-corrected chi connectivity index (χ3v) is 6.26. The molecule has 8 heteroatoms. The Hall–Kier alpha value is -3.16. The Kier molecular flexibility index (Phi) is 4.00. The Morgan fingerprint density at radius 3 is 1.48 bits per heavy atom. The van der Waals surface area contributed by atoms with Gasteiger partial charge in [0.2, 0.25) is 36.6 Å². The molecule has 4 aliphatic heterocycles. The summed E-state index contributed by atoms with van der Waals surface area (Å²) in [5.41, 5.74) is 4.21. The minimum absolute atomic E-state index is 0.0420. The van der Waals surface area contributed by atoms with Crippen LogP contribution in [0.25, 0.3) is 0 Å². The fourth-order valence-corrected chi connectivity index (χ4v) is 5.03. The standard InChI is InChI=1S/C23H24O8/c1-10-5-12-14(16-22(28-8-26-16)20(24-3)18(12)30-10)7-15-13-6-11(2)31-19(13)21(25-4)23-17(15)27-9-29-23/h10-11H,5-9H2,1-4H3/t10-,11-/m1/s1. The fraction of sp³-hybridized carbons (Fsp3) is 0.478. The van der Waals surface area contributed by atoms with Crippen LogP contribution in [-0.4, -0.2) is 40.0 Å². The lowest BCUT2D eigenvalue weighted by Crippen LogP contribution is -2.07. The van der Waals surface area contributed by atoms with Crippen LogP contribution in [-0.2, 0) is 19.3 Å². The van der Waals surface area contributed by atoms with Crippen LogP contribution in [0.15, 0.2) is 0 Å². The molecular weight excluding hydrogens is 404 g/mol. The van der Waals surface area contributed by atoms with Crippen molar-refractivity contribution in [1.29, 1.82) is 0 Å². The average molecular weight is 428 g/mol. The minimum Gasteiger partial charge on any atom is -0.490 e. The molecule has 2 atom stereocenters. The van der Waals surface area contributed by atoms with Crippen LogP contribution in [0, 0.1) is 0 Å². The predicted molar refractivity (Wildman–Crippen MR) is 109 cm³/mol. The second-order valence-electron chi connectivity index (χ2n) is 8.21. The maximum Gasteiger partial charge on any atom is 0.231 e. The number of methoxy groups -OCH3 is 2. The van der Waals surface area contributed by atoms with E-state index in [1.165, 1.54) is 0 Å². The molecule has 8 nitrogen and oxygen atoms in total. The quantitative estimate of drug-likeness (QED) is 0.734. The Balaban J connectivity index is 1.56. The summed E-state index contributed by atoms with van der Waals surface area (Å²) in [6.07, 6.45) is 2.19. The molecule has 31 heavy (non-hydrogen) atoms.